The molecule has 0 spiro atoms. The van der Waals surface area contributed by atoms with Gasteiger partial charge in [0.25, 0.3) is 0 Å². The molecule has 0 atom stereocenters. The normalized spacial score (nSPS) is 18.5. The van der Waals surface area contributed by atoms with E-state index in [1.807, 2.05) is 31.2 Å². The largest absolute Gasteiger partial charge is 0.398 e. The number of sulfone groups is 1. The molecule has 1 aliphatic rings. The van der Waals surface area contributed by atoms with Crippen LogP contribution in [0.5, 0.6) is 0 Å². The van der Waals surface area contributed by atoms with Crippen LogP contribution in [0.2, 0.25) is 0 Å². The third-order valence-electron chi connectivity index (χ3n) is 2.32. The van der Waals surface area contributed by atoms with Crippen LogP contribution in [0, 0.1) is 6.92 Å². The number of nitrogens with two attached hydrogens (primary N) is 1. The van der Waals surface area contributed by atoms with E-state index in [2.05, 4.69) is 0 Å². The highest BCUT2D eigenvalue weighted by molar-refractivity contribution is 7.97. The predicted octanol–water partition coefficient (Wildman–Crippen LogP) is 1.56. The average Bonchev–Trinajstić information content (AvgIpc) is 2.40. The fourth-order valence-corrected chi connectivity index (χ4v) is 2.74. The second kappa shape index (κ2) is 3.24. The summed E-state index contributed by atoms with van der Waals surface area (Å²) in [6.07, 6.45) is 0. The molecular formula is C11H11NO2S. The van der Waals surface area contributed by atoms with E-state index in [9.17, 15) is 8.42 Å². The maximum Gasteiger partial charge on any atom is 0.195 e. The lowest BCUT2D eigenvalue weighted by Crippen LogP contribution is -1.98. The van der Waals surface area contributed by atoms with Gasteiger partial charge in [0.15, 0.2) is 9.84 Å². The van der Waals surface area contributed by atoms with Crippen molar-refractivity contribution in [1.82, 2.24) is 0 Å². The Bertz CT molecular complexity index is 568. The first-order valence-electron chi connectivity index (χ1n) is 4.50. The first-order chi connectivity index (χ1) is 6.99. The van der Waals surface area contributed by atoms with Gasteiger partial charge in [-0.1, -0.05) is 24.3 Å². The fourth-order valence-electron chi connectivity index (χ4n) is 1.60. The lowest BCUT2D eigenvalue weighted by molar-refractivity contribution is 0.613. The van der Waals surface area contributed by atoms with Crippen LogP contribution < -0.4 is 5.73 Å². The highest BCUT2D eigenvalue weighted by atomic mass is 32.2. The van der Waals surface area contributed by atoms with Crippen molar-refractivity contribution in [3.63, 3.8) is 0 Å². The molecule has 0 radical (unpaired) electrons. The van der Waals surface area contributed by atoms with Crippen molar-refractivity contribution in [1.29, 1.82) is 0 Å². The molecule has 15 heavy (non-hydrogen) atoms. The van der Waals surface area contributed by atoms with Gasteiger partial charge in [0.2, 0.25) is 0 Å². The van der Waals surface area contributed by atoms with Gasteiger partial charge < -0.3 is 5.73 Å². The standard InChI is InChI=1S/C11H11NO2S/c1-8-4-2-3-5-9(8)10-6-15(13,14)7-11(10)12/h2-7H,12H2,1H3. The van der Waals surface area contributed by atoms with E-state index in [0.717, 1.165) is 16.5 Å². The van der Waals surface area contributed by atoms with Gasteiger partial charge in [0, 0.05) is 11.0 Å². The van der Waals surface area contributed by atoms with E-state index >= 15 is 0 Å². The molecule has 0 unspecified atom stereocenters. The maximum atomic E-state index is 11.3. The van der Waals surface area contributed by atoms with Crippen LogP contribution in [-0.4, -0.2) is 8.42 Å². The molecule has 0 amide bonds. The van der Waals surface area contributed by atoms with Crippen LogP contribution in [0.3, 0.4) is 0 Å². The fraction of sp³-hybridized carbons (Fsp3) is 0.0909. The van der Waals surface area contributed by atoms with Crippen molar-refractivity contribution in [2.75, 3.05) is 0 Å². The number of rotatable bonds is 1. The Kier molecular flexibility index (Phi) is 2.16. The second-order valence-electron chi connectivity index (χ2n) is 3.51. The van der Waals surface area contributed by atoms with Gasteiger partial charge >= 0.3 is 0 Å². The number of allylic oxidation sites excluding steroid dienone is 1. The molecule has 1 aromatic rings. The molecule has 1 aromatic carbocycles. The zero-order valence-electron chi connectivity index (χ0n) is 8.27. The smallest absolute Gasteiger partial charge is 0.195 e. The maximum absolute atomic E-state index is 11.3. The molecule has 0 saturated heterocycles. The van der Waals surface area contributed by atoms with Gasteiger partial charge in [0.05, 0.1) is 11.1 Å². The monoisotopic (exact) mass is 221 g/mol. The molecule has 0 aromatic heterocycles. The topological polar surface area (TPSA) is 60.2 Å². The quantitative estimate of drug-likeness (QED) is 0.783. The third-order valence-corrected chi connectivity index (χ3v) is 3.47. The van der Waals surface area contributed by atoms with Crippen LogP contribution in [0.25, 0.3) is 5.57 Å². The number of hydrogen-bond donors (Lipinski definition) is 1. The Labute approximate surface area is 88.8 Å². The van der Waals surface area contributed by atoms with E-state index in [0.29, 0.717) is 11.3 Å². The Balaban J connectivity index is 2.61. The van der Waals surface area contributed by atoms with Crippen molar-refractivity contribution in [3.05, 3.63) is 51.9 Å². The summed E-state index contributed by atoms with van der Waals surface area (Å²) in [5.41, 5.74) is 8.45. The van der Waals surface area contributed by atoms with Gasteiger partial charge in [-0.3, -0.25) is 0 Å². The highest BCUT2D eigenvalue weighted by Crippen LogP contribution is 2.29. The van der Waals surface area contributed by atoms with E-state index in [-0.39, 0.29) is 0 Å². The lowest BCUT2D eigenvalue weighted by Gasteiger charge is -2.06. The summed E-state index contributed by atoms with van der Waals surface area (Å²) in [6.45, 7) is 1.92. The highest BCUT2D eigenvalue weighted by Gasteiger charge is 2.19. The molecule has 2 rings (SSSR count). The molecule has 0 saturated carbocycles. The van der Waals surface area contributed by atoms with Gasteiger partial charge in [0.1, 0.15) is 0 Å². The first kappa shape index (κ1) is 9.98. The summed E-state index contributed by atoms with van der Waals surface area (Å²) in [7, 11) is -3.26. The SMILES string of the molecule is Cc1ccccc1C1=CS(=O)(=O)C=C1N. The Morgan fingerprint density at radius 1 is 1.13 bits per heavy atom. The minimum absolute atomic E-state index is 0.310. The lowest BCUT2D eigenvalue weighted by atomic mass is 10.0. The minimum Gasteiger partial charge on any atom is -0.398 e. The molecule has 3 nitrogen and oxygen atoms in total. The number of aryl methyl sites for hydroxylation is 1. The van der Waals surface area contributed by atoms with Crippen LogP contribution in [0.1, 0.15) is 11.1 Å². The van der Waals surface area contributed by atoms with E-state index in [1.54, 1.807) is 0 Å². The number of benzene rings is 1. The molecule has 0 aliphatic carbocycles. The van der Waals surface area contributed by atoms with E-state index in [1.165, 1.54) is 5.41 Å². The zero-order chi connectivity index (χ0) is 11.1. The Morgan fingerprint density at radius 2 is 1.80 bits per heavy atom. The van der Waals surface area contributed by atoms with Crippen molar-refractivity contribution in [3.8, 4) is 0 Å². The van der Waals surface area contributed by atoms with E-state index < -0.39 is 9.84 Å². The third kappa shape index (κ3) is 1.80. The van der Waals surface area contributed by atoms with Crippen LogP contribution in [0.4, 0.5) is 0 Å². The molecule has 0 fully saturated rings. The van der Waals surface area contributed by atoms with Crippen molar-refractivity contribution in [2.24, 2.45) is 5.73 Å². The molecule has 1 aliphatic heterocycles. The summed E-state index contributed by atoms with van der Waals surface area (Å²) in [5, 5.41) is 2.30. The molecule has 2 N–H and O–H groups in total. The van der Waals surface area contributed by atoms with Gasteiger partial charge in [-0.2, -0.15) is 0 Å². The Hall–Kier alpha value is -1.55. The Morgan fingerprint density at radius 3 is 2.33 bits per heavy atom. The van der Waals surface area contributed by atoms with Crippen LogP contribution >= 0.6 is 0 Å². The zero-order valence-corrected chi connectivity index (χ0v) is 9.08. The van der Waals surface area contributed by atoms with E-state index in [4.69, 9.17) is 5.73 Å². The second-order valence-corrected chi connectivity index (χ2v) is 5.16. The first-order valence-corrected chi connectivity index (χ1v) is 6.11. The summed E-state index contributed by atoms with van der Waals surface area (Å²) < 4.78 is 22.6. The summed E-state index contributed by atoms with van der Waals surface area (Å²) in [4.78, 5) is 0. The van der Waals surface area contributed by atoms with Gasteiger partial charge in [-0.15, -0.1) is 0 Å². The minimum atomic E-state index is -3.26. The van der Waals surface area contributed by atoms with Crippen molar-refractivity contribution < 1.29 is 8.42 Å². The predicted molar refractivity (Wildman–Crippen MR) is 60.3 cm³/mol. The number of hydrogen-bond acceptors (Lipinski definition) is 3. The average molecular weight is 221 g/mol. The summed E-state index contributed by atoms with van der Waals surface area (Å²) >= 11 is 0. The molecule has 0 bridgehead atoms. The van der Waals surface area contributed by atoms with Crippen LogP contribution in [0.15, 0.2) is 40.8 Å². The van der Waals surface area contributed by atoms with Gasteiger partial charge in [-0.05, 0) is 18.1 Å². The molecule has 78 valence electrons. The van der Waals surface area contributed by atoms with Gasteiger partial charge in [-0.25, -0.2) is 8.42 Å². The van der Waals surface area contributed by atoms with Crippen molar-refractivity contribution >= 4 is 15.4 Å². The van der Waals surface area contributed by atoms with Crippen molar-refractivity contribution in [2.45, 2.75) is 6.92 Å². The summed E-state index contributed by atoms with van der Waals surface area (Å²) in [6, 6.07) is 7.56. The molecule has 4 heteroatoms. The summed E-state index contributed by atoms with van der Waals surface area (Å²) in [5.74, 6) is 0. The molecule has 1 heterocycles. The van der Waals surface area contributed by atoms with Crippen LogP contribution in [-0.2, 0) is 9.84 Å². The molecular weight excluding hydrogens is 210 g/mol.